The third-order valence-corrected chi connectivity index (χ3v) is 6.98. The number of carbonyl (C=O) groups is 1. The fourth-order valence-electron chi connectivity index (χ4n) is 4.95. The Bertz CT molecular complexity index is 1020. The van der Waals surface area contributed by atoms with E-state index in [1.807, 2.05) is 20.8 Å². The monoisotopic (exact) mass is 444 g/mol. The average Bonchev–Trinajstić information content (AvgIpc) is 3.34. The van der Waals surface area contributed by atoms with Crippen molar-refractivity contribution in [3.63, 3.8) is 0 Å². The zero-order valence-electron chi connectivity index (χ0n) is 19.7. The minimum atomic E-state index is -0.582. The molecule has 0 aromatic carbocycles. The van der Waals surface area contributed by atoms with E-state index >= 15 is 0 Å². The van der Waals surface area contributed by atoms with Crippen LogP contribution in [0.4, 0.5) is 20.8 Å². The largest absolute Gasteiger partial charge is 0.336 e. The lowest BCUT2D eigenvalue weighted by molar-refractivity contribution is 0.132. The van der Waals surface area contributed by atoms with Crippen molar-refractivity contribution >= 4 is 17.7 Å². The van der Waals surface area contributed by atoms with Crippen molar-refractivity contribution in [3.8, 4) is 0 Å². The molecule has 0 aliphatic carbocycles. The van der Waals surface area contributed by atoms with Gasteiger partial charge in [0.1, 0.15) is 5.82 Å². The van der Waals surface area contributed by atoms with Gasteiger partial charge in [0.15, 0.2) is 17.5 Å². The number of H-pyrrole nitrogens is 1. The number of likely N-dealkylation sites (tertiary alicyclic amines) is 1. The zero-order chi connectivity index (χ0) is 23.3. The summed E-state index contributed by atoms with van der Waals surface area (Å²) in [6.45, 7) is 12.3. The Labute approximate surface area is 188 Å². The van der Waals surface area contributed by atoms with Gasteiger partial charge in [-0.1, -0.05) is 13.8 Å². The molecule has 0 spiro atoms. The minimum Gasteiger partial charge on any atom is -0.336 e. The molecule has 1 saturated heterocycles. The van der Waals surface area contributed by atoms with Gasteiger partial charge < -0.3 is 15.5 Å². The van der Waals surface area contributed by atoms with Crippen LogP contribution in [-0.2, 0) is 18.5 Å². The summed E-state index contributed by atoms with van der Waals surface area (Å²) in [6, 6.07) is -0.124. The van der Waals surface area contributed by atoms with Crippen LogP contribution in [-0.4, -0.2) is 61.7 Å². The predicted molar refractivity (Wildman–Crippen MR) is 120 cm³/mol. The second-order valence-corrected chi connectivity index (χ2v) is 9.88. The molecule has 4 heterocycles. The number of hydrogen-bond donors (Lipinski definition) is 3. The smallest absolute Gasteiger partial charge is 0.318 e. The number of aromatic nitrogens is 4. The number of fused-ring (bicyclic) bond motifs is 1. The number of likely N-dealkylation sites (N-methyl/N-ethyl adjacent to an activating group) is 1. The molecule has 1 fully saturated rings. The van der Waals surface area contributed by atoms with Gasteiger partial charge in [0, 0.05) is 30.6 Å². The molecule has 10 heteroatoms. The van der Waals surface area contributed by atoms with Crippen LogP contribution in [0.25, 0.3) is 0 Å². The highest BCUT2D eigenvalue weighted by molar-refractivity contribution is 5.77. The summed E-state index contributed by atoms with van der Waals surface area (Å²) in [5.41, 5.74) is 1.03. The highest BCUT2D eigenvalue weighted by atomic mass is 19.1. The van der Waals surface area contributed by atoms with Gasteiger partial charge in [0.25, 0.3) is 0 Å². The van der Waals surface area contributed by atoms with Crippen molar-refractivity contribution in [2.24, 2.45) is 5.92 Å². The third kappa shape index (κ3) is 3.80. The van der Waals surface area contributed by atoms with Crippen molar-refractivity contribution in [2.75, 3.05) is 25.5 Å². The summed E-state index contributed by atoms with van der Waals surface area (Å²) in [7, 11) is 2.11. The lowest BCUT2D eigenvalue weighted by Gasteiger charge is -2.36. The molecule has 3 N–H and O–H groups in total. The third-order valence-electron chi connectivity index (χ3n) is 6.98. The maximum atomic E-state index is 14.2. The van der Waals surface area contributed by atoms with Gasteiger partial charge in [0.05, 0.1) is 24.0 Å². The quantitative estimate of drug-likeness (QED) is 0.655. The van der Waals surface area contributed by atoms with Gasteiger partial charge in [-0.3, -0.25) is 10.00 Å². The van der Waals surface area contributed by atoms with E-state index in [9.17, 15) is 9.18 Å². The number of nitrogens with one attached hydrogen (secondary N) is 3. The predicted octanol–water partition coefficient (Wildman–Crippen LogP) is 3.14. The Balaban J connectivity index is 1.50. The second-order valence-electron chi connectivity index (χ2n) is 9.88. The van der Waals surface area contributed by atoms with Crippen LogP contribution in [0.1, 0.15) is 58.1 Å². The van der Waals surface area contributed by atoms with Crippen LogP contribution in [0.5, 0.6) is 0 Å². The van der Waals surface area contributed by atoms with Crippen LogP contribution in [0.15, 0.2) is 6.20 Å². The number of anilines is 2. The van der Waals surface area contributed by atoms with Crippen molar-refractivity contribution < 1.29 is 9.18 Å². The van der Waals surface area contributed by atoms with E-state index in [2.05, 4.69) is 56.6 Å². The molecule has 9 nitrogen and oxygen atoms in total. The average molecular weight is 445 g/mol. The summed E-state index contributed by atoms with van der Waals surface area (Å²) >= 11 is 0. The number of halogens is 1. The van der Waals surface area contributed by atoms with Gasteiger partial charge in [-0.05, 0) is 40.2 Å². The maximum Gasteiger partial charge on any atom is 0.318 e. The fraction of sp³-hybridized carbons (Fsp3) is 0.636. The Morgan fingerprint density at radius 3 is 2.75 bits per heavy atom. The molecule has 174 valence electrons. The molecular formula is C22H33FN8O. The number of amides is 2. The summed E-state index contributed by atoms with van der Waals surface area (Å²) in [4.78, 5) is 25.5. The van der Waals surface area contributed by atoms with Gasteiger partial charge >= 0.3 is 6.03 Å². The van der Waals surface area contributed by atoms with Crippen molar-refractivity contribution in [3.05, 3.63) is 29.1 Å². The molecule has 2 aliphatic heterocycles. The SMILES string of the molecule is CCc1ncc(F)c(Nc2n[nH]c3c2CN(C(=O)NCC2(C)C[C@@H](C)CN2C)C3(C)C)n1. The van der Waals surface area contributed by atoms with E-state index in [4.69, 9.17) is 0 Å². The molecule has 2 atom stereocenters. The minimum absolute atomic E-state index is 0.0525. The number of urea groups is 1. The van der Waals surface area contributed by atoms with E-state index < -0.39 is 11.4 Å². The first-order valence-electron chi connectivity index (χ1n) is 11.2. The van der Waals surface area contributed by atoms with Gasteiger partial charge in [-0.2, -0.15) is 5.10 Å². The van der Waals surface area contributed by atoms with E-state index in [1.54, 1.807) is 4.90 Å². The van der Waals surface area contributed by atoms with Crippen LogP contribution >= 0.6 is 0 Å². The highest BCUT2D eigenvalue weighted by Gasteiger charge is 2.45. The highest BCUT2D eigenvalue weighted by Crippen LogP contribution is 2.41. The number of nitrogens with zero attached hydrogens (tertiary/aromatic N) is 5. The summed E-state index contributed by atoms with van der Waals surface area (Å²) in [5, 5.41) is 13.5. The van der Waals surface area contributed by atoms with Crippen molar-refractivity contribution in [2.45, 2.75) is 65.1 Å². The van der Waals surface area contributed by atoms with Gasteiger partial charge in [0.2, 0.25) is 0 Å². The lowest BCUT2D eigenvalue weighted by Crippen LogP contribution is -2.53. The zero-order valence-corrected chi connectivity index (χ0v) is 19.7. The number of aryl methyl sites for hydroxylation is 1. The molecule has 2 aromatic rings. The molecule has 32 heavy (non-hydrogen) atoms. The number of carbonyl (C=O) groups excluding carboxylic acids is 1. The molecule has 0 bridgehead atoms. The van der Waals surface area contributed by atoms with Crippen LogP contribution < -0.4 is 10.6 Å². The van der Waals surface area contributed by atoms with Gasteiger partial charge in [-0.15, -0.1) is 0 Å². The van der Waals surface area contributed by atoms with Crippen molar-refractivity contribution in [1.82, 2.24) is 35.3 Å². The summed E-state index contributed by atoms with van der Waals surface area (Å²) in [6.07, 6.45) is 2.81. The Morgan fingerprint density at radius 1 is 1.34 bits per heavy atom. The van der Waals surface area contributed by atoms with Crippen molar-refractivity contribution in [1.29, 1.82) is 0 Å². The van der Waals surface area contributed by atoms with E-state index in [0.717, 1.165) is 30.4 Å². The topological polar surface area (TPSA) is 102 Å². The first-order chi connectivity index (χ1) is 15.0. The molecule has 4 rings (SSSR count). The molecule has 2 aromatic heterocycles. The van der Waals surface area contributed by atoms with E-state index in [0.29, 0.717) is 37.1 Å². The first kappa shape index (κ1) is 22.4. The second kappa shape index (κ2) is 7.99. The summed E-state index contributed by atoms with van der Waals surface area (Å²) < 4.78 is 14.2. The van der Waals surface area contributed by atoms with Crippen LogP contribution in [0.3, 0.4) is 0 Å². The molecule has 2 aliphatic rings. The molecule has 0 radical (unpaired) electrons. The Kier molecular flexibility index (Phi) is 5.60. The first-order valence-corrected chi connectivity index (χ1v) is 11.2. The summed E-state index contributed by atoms with van der Waals surface area (Å²) in [5.74, 6) is 1.16. The van der Waals surface area contributed by atoms with Crippen LogP contribution in [0.2, 0.25) is 0 Å². The molecular weight excluding hydrogens is 411 g/mol. The Morgan fingerprint density at radius 2 is 2.09 bits per heavy atom. The fourth-order valence-corrected chi connectivity index (χ4v) is 4.95. The number of aromatic amines is 1. The molecule has 2 amide bonds. The Hall–Kier alpha value is -2.75. The standard InChI is InChI=1S/C22H33FN8O/c1-7-16-24-9-15(23)19(26-16)27-18-14-11-31(21(3,4)17(14)28-29-18)20(32)25-12-22(5)8-13(2)10-30(22)6/h9,13H,7-8,10-12H2,1-6H3,(H,25,32)(H2,24,26,27,28,29)/t13-,22?/m1/s1. The lowest BCUT2D eigenvalue weighted by atomic mass is 9.95. The normalized spacial score (nSPS) is 24.6. The van der Waals surface area contributed by atoms with Crippen LogP contribution in [0, 0.1) is 11.7 Å². The van der Waals surface area contributed by atoms with E-state index in [-0.39, 0.29) is 17.4 Å². The maximum absolute atomic E-state index is 14.2. The number of rotatable bonds is 5. The number of hydrogen-bond acceptors (Lipinski definition) is 6. The molecule has 1 unspecified atom stereocenters. The van der Waals surface area contributed by atoms with E-state index in [1.165, 1.54) is 0 Å². The molecule has 0 saturated carbocycles. The van der Waals surface area contributed by atoms with Gasteiger partial charge in [-0.25, -0.2) is 19.2 Å².